The summed E-state index contributed by atoms with van der Waals surface area (Å²) >= 11 is 0. The van der Waals surface area contributed by atoms with Crippen molar-refractivity contribution in [3.05, 3.63) is 89.9 Å². The minimum Gasteiger partial charge on any atom is -0.396 e. The van der Waals surface area contributed by atoms with Gasteiger partial charge in [0.05, 0.1) is 5.56 Å². The molecule has 0 bridgehead atoms. The molecule has 3 heterocycles. The number of unbranched alkanes of at least 4 members (excludes halogenated alkanes) is 2. The molecule has 1 atom stereocenters. The summed E-state index contributed by atoms with van der Waals surface area (Å²) in [6.45, 7) is 5.07. The Bertz CT molecular complexity index is 1130. The molecular weight excluding hydrogens is 438 g/mol. The second-order valence-electron chi connectivity index (χ2n) is 7.95. The Kier molecular flexibility index (Phi) is 9.83. The van der Waals surface area contributed by atoms with Crippen LogP contribution in [0.5, 0.6) is 0 Å². The van der Waals surface area contributed by atoms with E-state index in [-0.39, 0.29) is 24.4 Å². The first-order chi connectivity index (χ1) is 16.6. The molecule has 1 amide bonds. The van der Waals surface area contributed by atoms with Crippen molar-refractivity contribution in [2.75, 3.05) is 11.4 Å². The molecule has 0 radical (unpaired) electrons. The largest absolute Gasteiger partial charge is 1.00 e. The molecule has 176 valence electrons. The van der Waals surface area contributed by atoms with E-state index in [0.29, 0.717) is 25.1 Å². The number of nitrogens with one attached hydrogen (secondary N) is 2. The van der Waals surface area contributed by atoms with Crippen LogP contribution in [0.4, 0.5) is 10.2 Å². The van der Waals surface area contributed by atoms with Crippen LogP contribution < -0.4 is 34.4 Å². The van der Waals surface area contributed by atoms with Gasteiger partial charge in [0.1, 0.15) is 17.8 Å². The number of amides is 1. The maximum absolute atomic E-state index is 14.8. The number of aromatic nitrogens is 1. The van der Waals surface area contributed by atoms with Gasteiger partial charge in [-0.2, -0.15) is 18.9 Å². The van der Waals surface area contributed by atoms with Crippen LogP contribution in [0.1, 0.15) is 40.7 Å². The zero-order valence-electron chi connectivity index (χ0n) is 19.8. The molecule has 4 rings (SSSR count). The summed E-state index contributed by atoms with van der Waals surface area (Å²) in [6, 6.07) is 8.86. The normalized spacial score (nSPS) is 17.0. The Balaban J connectivity index is 0.00000342. The number of pyridine rings is 1. The van der Waals surface area contributed by atoms with Gasteiger partial charge in [-0.3, -0.25) is 4.79 Å². The Labute approximate surface area is 217 Å². The van der Waals surface area contributed by atoms with Crippen molar-refractivity contribution in [2.24, 2.45) is 10.2 Å². The van der Waals surface area contributed by atoms with E-state index in [9.17, 15) is 9.18 Å². The van der Waals surface area contributed by atoms with Gasteiger partial charge in [0, 0.05) is 19.3 Å². The SMILES string of the molecule is [CH2-]CCC[C-]=NN=[C-]C1=CC=CC(NC(=O)c2cc3c(cc2F)CCN(c2ccccn2)C3)N1.[Li+]. The molecule has 2 aromatic rings. The van der Waals surface area contributed by atoms with E-state index in [1.54, 1.807) is 30.5 Å². The monoisotopic (exact) mass is 464 g/mol. The van der Waals surface area contributed by atoms with E-state index in [1.807, 2.05) is 18.2 Å². The number of hydrogen-bond acceptors (Lipinski definition) is 6. The van der Waals surface area contributed by atoms with Crippen molar-refractivity contribution in [2.45, 2.75) is 38.4 Å². The smallest absolute Gasteiger partial charge is 0.396 e. The van der Waals surface area contributed by atoms with E-state index in [2.05, 4.69) is 50.1 Å². The zero-order chi connectivity index (χ0) is 23.8. The maximum atomic E-state index is 14.8. The Morgan fingerprint density at radius 3 is 3.00 bits per heavy atom. The van der Waals surface area contributed by atoms with Gasteiger partial charge < -0.3 is 38.9 Å². The van der Waals surface area contributed by atoms with Gasteiger partial charge in [-0.25, -0.2) is 9.37 Å². The molecule has 0 aliphatic carbocycles. The number of anilines is 1. The number of allylic oxidation sites excluding steroid dienone is 3. The van der Waals surface area contributed by atoms with Crippen LogP contribution in [0.3, 0.4) is 0 Å². The van der Waals surface area contributed by atoms with Crippen LogP contribution in [0.15, 0.2) is 70.7 Å². The van der Waals surface area contributed by atoms with Crippen LogP contribution in [0.25, 0.3) is 0 Å². The van der Waals surface area contributed by atoms with Gasteiger partial charge in [0.15, 0.2) is 0 Å². The third-order valence-electron chi connectivity index (χ3n) is 5.51. The van der Waals surface area contributed by atoms with Gasteiger partial charge in [-0.1, -0.05) is 12.1 Å². The zero-order valence-corrected chi connectivity index (χ0v) is 19.8. The fraction of sp³-hybridized carbons (Fsp3) is 0.269. The van der Waals surface area contributed by atoms with E-state index >= 15 is 0 Å². The standard InChI is InChI=1S/C26H26FN6O.Li/c1-2-3-5-13-29-30-17-21-8-7-9-24(31-21)32-26(34)22-15-20-18-33(25-10-4-6-12-28-25)14-11-19(20)16-23(22)27;/h4,6-10,12,15-16,24,31H,1-3,5,11,14,18H2,(H,32,34);/q-3;+1. The number of carbonyl (C=O) groups is 1. The summed E-state index contributed by atoms with van der Waals surface area (Å²) in [6.07, 6.45) is 15.1. The first kappa shape index (κ1) is 26.4. The number of carbonyl (C=O) groups excluding carboxylic acids is 1. The molecule has 1 aromatic heterocycles. The van der Waals surface area contributed by atoms with Crippen LogP contribution in [0, 0.1) is 12.7 Å². The van der Waals surface area contributed by atoms with Crippen LogP contribution >= 0.6 is 0 Å². The number of hydrogen-bond donors (Lipinski definition) is 2. The number of nitrogens with zero attached hydrogens (tertiary/aromatic N) is 4. The van der Waals surface area contributed by atoms with Gasteiger partial charge >= 0.3 is 18.9 Å². The number of fused-ring (bicyclic) bond motifs is 1. The Hall–Kier alpha value is -3.21. The minimum absolute atomic E-state index is 0. The summed E-state index contributed by atoms with van der Waals surface area (Å²) in [5, 5.41) is 13.5. The van der Waals surface area contributed by atoms with E-state index in [1.165, 1.54) is 6.07 Å². The minimum atomic E-state index is -0.533. The summed E-state index contributed by atoms with van der Waals surface area (Å²) in [5.74, 6) is -0.171. The molecule has 0 saturated carbocycles. The fourth-order valence-corrected chi connectivity index (χ4v) is 3.76. The van der Waals surface area contributed by atoms with Crippen molar-refractivity contribution < 1.29 is 28.0 Å². The van der Waals surface area contributed by atoms with Crippen molar-refractivity contribution in [3.63, 3.8) is 0 Å². The number of benzene rings is 1. The average molecular weight is 464 g/mol. The van der Waals surface area contributed by atoms with E-state index in [4.69, 9.17) is 0 Å². The molecular formula is C26H26FLiN6O-2. The number of halogens is 1. The molecule has 0 fully saturated rings. The van der Waals surface area contributed by atoms with Gasteiger partial charge in [-0.05, 0) is 41.8 Å². The molecule has 1 aromatic carbocycles. The van der Waals surface area contributed by atoms with E-state index in [0.717, 1.165) is 36.3 Å². The predicted octanol–water partition coefficient (Wildman–Crippen LogP) is 0.702. The van der Waals surface area contributed by atoms with Crippen LogP contribution in [0.2, 0.25) is 0 Å². The summed E-state index contributed by atoms with van der Waals surface area (Å²) < 4.78 is 14.8. The molecule has 2 N–H and O–H groups in total. The Morgan fingerprint density at radius 2 is 2.20 bits per heavy atom. The molecule has 2 aliphatic heterocycles. The number of dihydropyridines is 1. The second kappa shape index (κ2) is 13.0. The van der Waals surface area contributed by atoms with Gasteiger partial charge in [-0.15, -0.1) is 24.4 Å². The van der Waals surface area contributed by atoms with Crippen molar-refractivity contribution >= 4 is 24.2 Å². The molecule has 35 heavy (non-hydrogen) atoms. The van der Waals surface area contributed by atoms with Gasteiger partial charge in [0.25, 0.3) is 5.91 Å². The maximum Gasteiger partial charge on any atom is 1.00 e. The summed E-state index contributed by atoms with van der Waals surface area (Å²) in [7, 11) is 0. The molecule has 0 spiro atoms. The summed E-state index contributed by atoms with van der Waals surface area (Å²) in [4.78, 5) is 19.4. The summed E-state index contributed by atoms with van der Waals surface area (Å²) in [5.41, 5.74) is 2.40. The second-order valence-corrected chi connectivity index (χ2v) is 7.95. The third kappa shape index (κ3) is 7.14. The van der Waals surface area contributed by atoms with Crippen molar-refractivity contribution in [3.8, 4) is 0 Å². The predicted molar refractivity (Wildman–Crippen MR) is 131 cm³/mol. The topological polar surface area (TPSA) is 82.0 Å². The van der Waals surface area contributed by atoms with Gasteiger partial charge in [0.2, 0.25) is 0 Å². The Morgan fingerprint density at radius 1 is 1.31 bits per heavy atom. The number of rotatable bonds is 8. The molecule has 0 saturated heterocycles. The fourth-order valence-electron chi connectivity index (χ4n) is 3.76. The molecule has 7 nitrogen and oxygen atoms in total. The molecule has 9 heteroatoms. The van der Waals surface area contributed by atoms with Crippen molar-refractivity contribution in [1.29, 1.82) is 0 Å². The van der Waals surface area contributed by atoms with Crippen LogP contribution in [-0.4, -0.2) is 36.0 Å². The first-order valence-corrected chi connectivity index (χ1v) is 11.2. The van der Waals surface area contributed by atoms with E-state index < -0.39 is 17.9 Å². The average Bonchev–Trinajstić information content (AvgIpc) is 2.86. The molecule has 2 aliphatic rings. The van der Waals surface area contributed by atoms with Crippen LogP contribution in [-0.2, 0) is 13.0 Å². The third-order valence-corrected chi connectivity index (χ3v) is 5.51. The molecule has 1 unspecified atom stereocenters. The quantitative estimate of drug-likeness (QED) is 0.198. The first-order valence-electron chi connectivity index (χ1n) is 11.2. The van der Waals surface area contributed by atoms with Crippen molar-refractivity contribution in [1.82, 2.24) is 15.6 Å².